The van der Waals surface area contributed by atoms with Crippen LogP contribution in [0.2, 0.25) is 0 Å². The van der Waals surface area contributed by atoms with Gasteiger partial charge in [0, 0.05) is 53.0 Å². The van der Waals surface area contributed by atoms with Crippen molar-refractivity contribution in [2.75, 3.05) is 38.3 Å². The van der Waals surface area contributed by atoms with Gasteiger partial charge >= 0.3 is 40.7 Å². The van der Waals surface area contributed by atoms with Gasteiger partial charge in [0.2, 0.25) is 0 Å². The van der Waals surface area contributed by atoms with Gasteiger partial charge in [-0.2, -0.15) is 0 Å². The number of carbonyl (C=O) groups is 3. The quantitative estimate of drug-likeness (QED) is 0.0106. The second-order valence-electron chi connectivity index (χ2n) is 27.8. The lowest BCUT2D eigenvalue weighted by atomic mass is 10.0. The molecule has 3 aliphatic rings. The zero-order valence-electron chi connectivity index (χ0n) is 62.9. The number of aliphatic hydroxyl groups is 3. The molecule has 6 N–H and O–H groups in total. The number of benzene rings is 3. The molecule has 3 fully saturated rings. The first-order valence-corrected chi connectivity index (χ1v) is 42.9. The van der Waals surface area contributed by atoms with Crippen LogP contribution in [-0.2, 0) is 70.1 Å². The maximum atomic E-state index is 13.8. The van der Waals surface area contributed by atoms with Gasteiger partial charge in [0.15, 0.2) is 14.3 Å². The standard InChI is InChI=1S/3C24H33N2O7PS2/c3*1-14(2)31-23(28)16(4)13-34(29,33-18-9-7-6-8-10-18)30-12-19-20(27)17(5)22(32-19)26-11-15(3)21(35)25-24(26)36/h3*6-11,14,16-17,19-20,22,27H,12-13H2,1-5H3,(H,25,35,36)/t16-,17-,19+,20?,22+,34?;16-,17-,19+,20?,22+,34+;16-,17-,19+,20?,22+,34-/m111/s1. The number of para-hydroxylation sites is 3. The van der Waals surface area contributed by atoms with E-state index in [9.17, 15) is 43.4 Å². The SMILES string of the molecule is Cc1cn([C@H]2O[C@@H](COP(=O)(C[C@@H](C)C(=O)OC(C)C)Oc3ccccc3)C(O)[C@H]2C)c(=S)[nH]c1=S.Cc1cn([C@H]2O[C@@H](CO[P@@](=O)(C[C@@H](C)C(=O)OC(C)C)Oc3ccccc3)C(O)[C@H]2C)c(=S)[nH]c1=S.Cc1cn([C@H]2O[C@@H](CO[P@](=O)(C[C@@H](C)C(=O)OC(C)C)Oc3ccccc3)C(O)[C@H]2C)c(=S)[nH]c1=S. The summed E-state index contributed by atoms with van der Waals surface area (Å²) in [7, 11) is -11.5. The van der Waals surface area contributed by atoms with Gasteiger partial charge in [-0.1, -0.05) is 133 Å². The summed E-state index contributed by atoms with van der Waals surface area (Å²) in [5, 5.41) is 32.6. The van der Waals surface area contributed by atoms with Gasteiger partial charge in [-0.25, -0.2) is 13.7 Å². The maximum Gasteiger partial charge on any atom is 0.380 e. The highest BCUT2D eigenvalue weighted by Crippen LogP contribution is 2.54. The molecule has 0 saturated carbocycles. The molecule has 3 aromatic carbocycles. The monoisotopic (exact) mass is 1670 g/mol. The van der Waals surface area contributed by atoms with Crippen molar-refractivity contribution in [1.29, 1.82) is 0 Å². The van der Waals surface area contributed by atoms with Gasteiger partial charge in [-0.3, -0.25) is 41.7 Å². The second-order valence-corrected chi connectivity index (χ2v) is 36.3. The van der Waals surface area contributed by atoms with E-state index >= 15 is 0 Å². The molecule has 0 radical (unpaired) electrons. The van der Waals surface area contributed by atoms with Crippen LogP contribution >= 0.6 is 96.1 Å². The van der Waals surface area contributed by atoms with Crippen molar-refractivity contribution in [2.45, 2.75) is 177 Å². The fourth-order valence-electron chi connectivity index (χ4n) is 11.5. The van der Waals surface area contributed by atoms with E-state index in [1.807, 2.05) is 41.5 Å². The third-order valence-corrected chi connectivity index (χ3v) is 25.6. The normalized spacial score (nSPS) is 24.3. The van der Waals surface area contributed by atoms with Crippen LogP contribution in [0.4, 0.5) is 0 Å². The van der Waals surface area contributed by atoms with Crippen LogP contribution < -0.4 is 13.6 Å². The third kappa shape index (κ3) is 25.2. The lowest BCUT2D eigenvalue weighted by molar-refractivity contribution is -0.152. The average Bonchev–Trinajstić information content (AvgIpc) is 1.65. The van der Waals surface area contributed by atoms with E-state index in [1.54, 1.807) is 186 Å². The summed E-state index contributed by atoms with van der Waals surface area (Å²) in [6.45, 7) is 25.7. The van der Waals surface area contributed by atoms with Gasteiger partial charge in [-0.15, -0.1) is 0 Å². The second kappa shape index (κ2) is 40.2. The lowest BCUT2D eigenvalue weighted by Gasteiger charge is -2.24. The molecule has 3 aromatic heterocycles. The van der Waals surface area contributed by atoms with Gasteiger partial charge in [0.25, 0.3) is 0 Å². The summed E-state index contributed by atoms with van der Waals surface area (Å²) < 4.78 is 118. The van der Waals surface area contributed by atoms with Crippen molar-refractivity contribution in [3.63, 3.8) is 0 Å². The zero-order chi connectivity index (χ0) is 79.9. The minimum absolute atomic E-state index is 0.200. The number of nitrogens with zero attached hydrogens (tertiary/aromatic N) is 3. The van der Waals surface area contributed by atoms with Crippen LogP contribution in [-0.4, -0.2) is 155 Å². The molecule has 594 valence electrons. The molecular weight excluding hydrogens is 1570 g/mol. The Hall–Kier alpha value is -5.64. The lowest BCUT2D eigenvalue weighted by Crippen LogP contribution is -2.30. The van der Waals surface area contributed by atoms with Crippen molar-refractivity contribution < 1.29 is 99.0 Å². The van der Waals surface area contributed by atoms with E-state index in [1.165, 1.54) is 0 Å². The first-order valence-electron chi connectivity index (χ1n) is 35.2. The Morgan fingerprint density at radius 1 is 0.417 bits per heavy atom. The summed E-state index contributed by atoms with van der Waals surface area (Å²) in [5.41, 5.74) is 2.44. The highest BCUT2D eigenvalue weighted by Gasteiger charge is 2.48. The number of hydrogen-bond acceptors (Lipinski definition) is 27. The van der Waals surface area contributed by atoms with Gasteiger partial charge in [0.1, 0.15) is 68.2 Å². The molecule has 0 aliphatic carbocycles. The Balaban J connectivity index is 0.000000226. The molecule has 27 nitrogen and oxygen atoms in total. The van der Waals surface area contributed by atoms with E-state index in [2.05, 4.69) is 15.0 Å². The third-order valence-electron chi connectivity index (χ3n) is 17.3. The van der Waals surface area contributed by atoms with E-state index in [0.29, 0.717) is 45.5 Å². The minimum atomic E-state index is -3.85. The number of nitrogens with one attached hydrogen (secondary N) is 3. The first kappa shape index (κ1) is 89.6. The van der Waals surface area contributed by atoms with Gasteiger partial charge < -0.3 is 72.3 Å². The summed E-state index contributed by atoms with van der Waals surface area (Å²) in [4.78, 5) is 46.0. The number of aliphatic hydroxyl groups excluding tert-OH is 3. The van der Waals surface area contributed by atoms with E-state index < -0.39 is 114 Å². The Kier molecular flexibility index (Phi) is 33.3. The summed E-state index contributed by atoms with van der Waals surface area (Å²) in [6.07, 6.45) is -3.10. The van der Waals surface area contributed by atoms with Gasteiger partial charge in [-0.05, 0) is 135 Å². The number of carbonyl (C=O) groups excluding carboxylic acids is 3. The molecule has 108 heavy (non-hydrogen) atoms. The number of aryl methyl sites for hydroxylation is 3. The Bertz CT molecular complexity index is 4100. The molecule has 6 aromatic rings. The summed E-state index contributed by atoms with van der Waals surface area (Å²) in [5.74, 6) is -3.73. The summed E-state index contributed by atoms with van der Waals surface area (Å²) in [6, 6.07) is 25.7. The number of aromatic amines is 3. The van der Waals surface area contributed by atoms with Crippen LogP contribution in [0.3, 0.4) is 0 Å². The Morgan fingerprint density at radius 2 is 0.639 bits per heavy atom. The number of ether oxygens (including phenoxy) is 6. The highest BCUT2D eigenvalue weighted by molar-refractivity contribution is 7.72. The van der Waals surface area contributed by atoms with Crippen LogP contribution in [0.15, 0.2) is 110 Å². The van der Waals surface area contributed by atoms with Crippen molar-refractivity contribution in [2.24, 2.45) is 35.5 Å². The van der Waals surface area contributed by atoms with Crippen molar-refractivity contribution >= 4 is 114 Å². The number of rotatable bonds is 30. The number of aromatic nitrogens is 6. The van der Waals surface area contributed by atoms with Crippen LogP contribution in [0.5, 0.6) is 17.2 Å². The predicted molar refractivity (Wildman–Crippen MR) is 420 cm³/mol. The largest absolute Gasteiger partial charge is 0.463 e. The van der Waals surface area contributed by atoms with Crippen LogP contribution in [0.1, 0.15) is 118 Å². The molecule has 36 heteroatoms. The van der Waals surface area contributed by atoms with Crippen molar-refractivity contribution in [1.82, 2.24) is 28.7 Å². The molecule has 3 aliphatic heterocycles. The number of H-pyrrole nitrogens is 3. The van der Waals surface area contributed by atoms with Crippen LogP contribution in [0.25, 0.3) is 0 Å². The molecule has 0 spiro atoms. The molecule has 3 saturated heterocycles. The molecule has 0 bridgehead atoms. The first-order chi connectivity index (χ1) is 50.7. The molecule has 4 unspecified atom stereocenters. The van der Waals surface area contributed by atoms with E-state index in [0.717, 1.165) is 16.7 Å². The van der Waals surface area contributed by atoms with Crippen molar-refractivity contribution in [3.05, 3.63) is 155 Å². The summed E-state index contributed by atoms with van der Waals surface area (Å²) >= 11 is 31.9. The zero-order valence-corrected chi connectivity index (χ0v) is 70.4. The molecular formula is C72H99N6O21P3S6. The maximum absolute atomic E-state index is 13.8. The Morgan fingerprint density at radius 3 is 0.852 bits per heavy atom. The smallest absolute Gasteiger partial charge is 0.380 e. The number of esters is 3. The highest BCUT2D eigenvalue weighted by atomic mass is 32.1. The topological polar surface area (TPSA) is 336 Å². The predicted octanol–water partition coefficient (Wildman–Crippen LogP) is 16.1. The van der Waals surface area contributed by atoms with Crippen molar-refractivity contribution in [3.8, 4) is 17.2 Å². The Labute approximate surface area is 660 Å². The molecule has 9 rings (SSSR count). The molecule has 6 heterocycles. The molecule has 0 amide bonds. The van der Waals surface area contributed by atoms with E-state index in [-0.39, 0.29) is 74.4 Å². The van der Waals surface area contributed by atoms with Crippen LogP contribution in [0, 0.1) is 84.5 Å². The van der Waals surface area contributed by atoms with Gasteiger partial charge in [0.05, 0.1) is 92.7 Å². The minimum Gasteiger partial charge on any atom is -0.463 e. The fraction of sp³-hybridized carbons (Fsp3) is 0.542. The average molecular weight is 1670 g/mol. The number of hydrogen-bond donors (Lipinski definition) is 6. The van der Waals surface area contributed by atoms with E-state index in [4.69, 9.17) is 129 Å². The molecule has 18 atom stereocenters. The fourth-order valence-corrected chi connectivity index (χ4v) is 18.5.